The molecule has 10 atom stereocenters. The fourth-order valence-corrected chi connectivity index (χ4v) is 6.46. The van der Waals surface area contributed by atoms with Gasteiger partial charge in [0.15, 0.2) is 0 Å². The molecule has 0 radical (unpaired) electrons. The van der Waals surface area contributed by atoms with E-state index in [0.29, 0.717) is 37.2 Å². The predicted molar refractivity (Wildman–Crippen MR) is 237 cm³/mol. The lowest BCUT2D eigenvalue weighted by Crippen LogP contribution is -2.62. The van der Waals surface area contributed by atoms with Crippen LogP contribution in [0.15, 0.2) is 25.0 Å². The molecule has 25 heteroatoms. The number of hydrogen-bond acceptors (Lipinski definition) is 14. The molecule has 0 fully saturated rings. The molecule has 25 nitrogen and oxygen atoms in total. The number of H-pyrrole nitrogens is 2. The number of nitrogens with one attached hydrogen (secondary N) is 9. The third-order valence-corrected chi connectivity index (χ3v) is 10.7. The summed E-state index contributed by atoms with van der Waals surface area (Å²) in [7, 11) is 0. The number of carboxylic acids is 1. The van der Waals surface area contributed by atoms with Crippen molar-refractivity contribution in [2.75, 3.05) is 6.54 Å². The lowest BCUT2D eigenvalue weighted by Gasteiger charge is -2.30. The second kappa shape index (κ2) is 27.8. The van der Waals surface area contributed by atoms with Gasteiger partial charge in [-0.2, -0.15) is 0 Å². The molecule has 0 bridgehead atoms. The minimum atomic E-state index is -1.65. The summed E-state index contributed by atoms with van der Waals surface area (Å²) < 4.78 is 0. The Morgan fingerprint density at radius 2 is 1.15 bits per heavy atom. The zero-order valence-electron chi connectivity index (χ0n) is 38.2. The average molecular weight is 933 g/mol. The quantitative estimate of drug-likeness (QED) is 0.0334. The van der Waals surface area contributed by atoms with Gasteiger partial charge in [0, 0.05) is 43.0 Å². The van der Waals surface area contributed by atoms with Gasteiger partial charge in [-0.3, -0.25) is 38.4 Å². The van der Waals surface area contributed by atoms with Crippen molar-refractivity contribution in [1.29, 1.82) is 0 Å². The van der Waals surface area contributed by atoms with E-state index >= 15 is 0 Å². The van der Waals surface area contributed by atoms with Crippen molar-refractivity contribution >= 4 is 53.2 Å². The van der Waals surface area contributed by atoms with Gasteiger partial charge in [-0.1, -0.05) is 34.1 Å². The molecular formula is C41H68N14O11. The molecule has 0 unspecified atom stereocenters. The maximum Gasteiger partial charge on any atom is 0.326 e. The molecule has 368 valence electrons. The van der Waals surface area contributed by atoms with Crippen LogP contribution in [0.2, 0.25) is 0 Å². The maximum atomic E-state index is 14.1. The summed E-state index contributed by atoms with van der Waals surface area (Å²) >= 11 is 0. The molecule has 0 spiro atoms. The SMILES string of the molecule is CC[C@H](C)[C@H](NC(=O)[C@H](C)NC(=O)[C@@H](N)Cc1cnc[nH]1)C(=O)N[C@@H](Cc1cnc[nH]1)C(=O)N[C@@H](CCC(N)=O)C(=O)N[C@H](C(=O)N[C@H](C(=O)N[C@@H](CCCCN)C(=O)O)[C@@H](C)O)C(C)C. The minimum absolute atomic E-state index is 0.0358. The van der Waals surface area contributed by atoms with Crippen molar-refractivity contribution in [2.24, 2.45) is 29.0 Å². The Bertz CT molecular complexity index is 1910. The normalized spacial score (nSPS) is 15.8. The average Bonchev–Trinajstić information content (AvgIpc) is 3.98. The van der Waals surface area contributed by atoms with Crippen LogP contribution >= 0.6 is 0 Å². The molecule has 0 aliphatic carbocycles. The number of amides is 8. The van der Waals surface area contributed by atoms with Gasteiger partial charge in [0.25, 0.3) is 0 Å². The fourth-order valence-electron chi connectivity index (χ4n) is 6.46. The number of nitrogens with two attached hydrogens (primary N) is 3. The predicted octanol–water partition coefficient (Wildman–Crippen LogP) is -3.78. The first-order chi connectivity index (χ1) is 31.1. The zero-order chi connectivity index (χ0) is 49.7. The number of primary amides is 1. The number of imidazole rings is 2. The summed E-state index contributed by atoms with van der Waals surface area (Å²) in [6, 6.07) is -10.7. The number of carbonyl (C=O) groups is 9. The third-order valence-electron chi connectivity index (χ3n) is 10.7. The number of unbranched alkanes of at least 4 members (excludes halogenated alkanes) is 1. The summed E-state index contributed by atoms with van der Waals surface area (Å²) in [5.41, 5.74) is 17.9. The van der Waals surface area contributed by atoms with E-state index in [1.54, 1.807) is 27.7 Å². The lowest BCUT2D eigenvalue weighted by atomic mass is 9.97. The molecule has 0 aliphatic rings. The summed E-state index contributed by atoms with van der Waals surface area (Å²) in [6.07, 6.45) is 4.64. The van der Waals surface area contributed by atoms with E-state index in [1.807, 2.05) is 0 Å². The number of aliphatic hydroxyl groups excluding tert-OH is 1. The Morgan fingerprint density at radius 1 is 0.636 bits per heavy atom. The number of rotatable bonds is 30. The van der Waals surface area contributed by atoms with E-state index in [2.05, 4.69) is 57.2 Å². The van der Waals surface area contributed by atoms with Crippen LogP contribution in [-0.4, -0.2) is 144 Å². The Morgan fingerprint density at radius 3 is 1.67 bits per heavy atom. The van der Waals surface area contributed by atoms with Crippen LogP contribution in [-0.2, 0) is 56.0 Å². The highest BCUT2D eigenvalue weighted by atomic mass is 16.4. The summed E-state index contributed by atoms with van der Waals surface area (Å²) in [6.45, 7) is 9.51. The van der Waals surface area contributed by atoms with Crippen LogP contribution in [0.4, 0.5) is 0 Å². The lowest BCUT2D eigenvalue weighted by molar-refractivity contribution is -0.143. The summed E-state index contributed by atoms with van der Waals surface area (Å²) in [5.74, 6) is -9.28. The second-order valence-corrected chi connectivity index (χ2v) is 16.5. The molecular weight excluding hydrogens is 865 g/mol. The number of carbonyl (C=O) groups excluding carboxylic acids is 8. The van der Waals surface area contributed by atoms with Crippen molar-refractivity contribution in [2.45, 2.75) is 147 Å². The fraction of sp³-hybridized carbons (Fsp3) is 0.634. The topological polar surface area (TPSA) is 414 Å². The van der Waals surface area contributed by atoms with E-state index in [4.69, 9.17) is 17.2 Å². The molecule has 2 aromatic heterocycles. The van der Waals surface area contributed by atoms with Crippen LogP contribution < -0.4 is 54.4 Å². The first-order valence-corrected chi connectivity index (χ1v) is 21.8. The van der Waals surface area contributed by atoms with Crippen molar-refractivity contribution < 1.29 is 53.4 Å². The van der Waals surface area contributed by atoms with Crippen LogP contribution in [0.1, 0.15) is 91.5 Å². The van der Waals surface area contributed by atoms with Crippen molar-refractivity contribution in [3.05, 3.63) is 36.4 Å². The highest BCUT2D eigenvalue weighted by Gasteiger charge is 2.37. The Kier molecular flexibility index (Phi) is 23.4. The van der Waals surface area contributed by atoms with Crippen LogP contribution in [0.5, 0.6) is 0 Å². The molecule has 2 heterocycles. The number of aromatic amines is 2. The molecule has 0 saturated carbocycles. The monoisotopic (exact) mass is 933 g/mol. The van der Waals surface area contributed by atoms with Gasteiger partial charge >= 0.3 is 5.97 Å². The number of aliphatic hydroxyl groups is 1. The number of carboxylic acid groups (broad SMARTS) is 1. The van der Waals surface area contributed by atoms with Crippen molar-refractivity contribution in [3.8, 4) is 0 Å². The van der Waals surface area contributed by atoms with E-state index < -0.39 is 126 Å². The molecule has 66 heavy (non-hydrogen) atoms. The molecule has 0 aromatic carbocycles. The number of aliphatic carboxylic acids is 1. The van der Waals surface area contributed by atoms with Gasteiger partial charge in [-0.05, 0) is 57.9 Å². The first-order valence-electron chi connectivity index (χ1n) is 21.8. The van der Waals surface area contributed by atoms with Crippen molar-refractivity contribution in [1.82, 2.24) is 57.2 Å². The Hall–Kier alpha value is -6.47. The van der Waals surface area contributed by atoms with E-state index in [1.165, 1.54) is 38.9 Å². The largest absolute Gasteiger partial charge is 0.480 e. The van der Waals surface area contributed by atoms with Gasteiger partial charge in [-0.15, -0.1) is 0 Å². The molecule has 0 saturated heterocycles. The van der Waals surface area contributed by atoms with Gasteiger partial charge in [0.2, 0.25) is 47.3 Å². The molecule has 0 aliphatic heterocycles. The molecule has 2 aromatic rings. The minimum Gasteiger partial charge on any atom is -0.480 e. The number of hydrogen-bond donors (Lipinski definition) is 14. The number of aromatic nitrogens is 4. The highest BCUT2D eigenvalue weighted by Crippen LogP contribution is 2.12. The van der Waals surface area contributed by atoms with Crippen LogP contribution in [0.25, 0.3) is 0 Å². The van der Waals surface area contributed by atoms with Gasteiger partial charge < -0.3 is 74.6 Å². The second-order valence-electron chi connectivity index (χ2n) is 16.5. The van der Waals surface area contributed by atoms with E-state index in [9.17, 15) is 53.4 Å². The Labute approximate surface area is 382 Å². The van der Waals surface area contributed by atoms with Crippen LogP contribution in [0.3, 0.4) is 0 Å². The molecule has 17 N–H and O–H groups in total. The van der Waals surface area contributed by atoms with Gasteiger partial charge in [0.05, 0.1) is 24.8 Å². The first kappa shape index (κ1) is 55.7. The smallest absolute Gasteiger partial charge is 0.326 e. The van der Waals surface area contributed by atoms with E-state index in [0.717, 1.165) is 0 Å². The Balaban J connectivity index is 2.31. The molecule has 2 rings (SSSR count). The standard InChI is InChI=1S/C41H68N14O11/c1-7-21(4)32(54-34(58)22(5)49-35(59)26(43)14-24-16-45-18-47-24)39(63)52-29(15-25-17-46-19-48-25)37(61)50-27(11-12-30(44)57)36(60)53-31(20(2)3)38(62)55-33(23(6)56)40(64)51-28(41(65)66)10-8-9-13-42/h16-23,26-29,31-33,56H,7-15,42-43H2,1-6H3,(H2,44,57)(H,45,47)(H,46,48)(H,49,59)(H,50,61)(H,51,64)(H,52,63)(H,53,60)(H,54,58)(H,55,62)(H,65,66)/t21-,22-,23+,26-,27-,28-,29-,31-,32-,33-/m0/s1. The maximum absolute atomic E-state index is 14.1. The van der Waals surface area contributed by atoms with Crippen molar-refractivity contribution in [3.63, 3.8) is 0 Å². The van der Waals surface area contributed by atoms with Crippen LogP contribution in [0, 0.1) is 11.8 Å². The molecule has 8 amide bonds. The van der Waals surface area contributed by atoms with Gasteiger partial charge in [0.1, 0.15) is 42.3 Å². The van der Waals surface area contributed by atoms with Gasteiger partial charge in [-0.25, -0.2) is 14.8 Å². The highest BCUT2D eigenvalue weighted by molar-refractivity contribution is 5.98. The van der Waals surface area contributed by atoms with E-state index in [-0.39, 0.29) is 25.7 Å². The number of nitrogens with zero attached hydrogens (tertiary/aromatic N) is 2. The zero-order valence-corrected chi connectivity index (χ0v) is 38.2. The summed E-state index contributed by atoms with van der Waals surface area (Å²) in [4.78, 5) is 132. The third kappa shape index (κ3) is 18.6. The summed E-state index contributed by atoms with van der Waals surface area (Å²) in [5, 5.41) is 37.6.